The van der Waals surface area contributed by atoms with Gasteiger partial charge in [0.2, 0.25) is 10.0 Å². The molecule has 0 aliphatic carbocycles. The maximum Gasteiger partial charge on any atom is 0.324 e. The van der Waals surface area contributed by atoms with Gasteiger partial charge < -0.3 is 10.1 Å². The summed E-state index contributed by atoms with van der Waals surface area (Å²) >= 11 is 11.9. The summed E-state index contributed by atoms with van der Waals surface area (Å²) in [6.07, 6.45) is 1.65. The zero-order valence-corrected chi connectivity index (χ0v) is 19.1. The molecule has 0 saturated carbocycles. The van der Waals surface area contributed by atoms with Gasteiger partial charge in [-0.1, -0.05) is 40.9 Å². The van der Waals surface area contributed by atoms with Crippen LogP contribution in [0.1, 0.15) is 24.8 Å². The first kappa shape index (κ1) is 23.5. The molecule has 1 aliphatic rings. The second kappa shape index (κ2) is 9.99. The number of amides is 1. The molecule has 1 heterocycles. The van der Waals surface area contributed by atoms with E-state index in [1.165, 1.54) is 24.3 Å². The maximum absolute atomic E-state index is 13.1. The fraction of sp³-hybridized carbons (Fsp3) is 0.333. The number of nitrogens with one attached hydrogen (secondary N) is 1. The van der Waals surface area contributed by atoms with E-state index >= 15 is 0 Å². The highest BCUT2D eigenvalue weighted by atomic mass is 35.5. The van der Waals surface area contributed by atoms with Crippen molar-refractivity contribution in [3.8, 4) is 0 Å². The number of sulfonamides is 1. The Bertz CT molecular complexity index is 1070. The number of hydrogen-bond donors (Lipinski definition) is 1. The summed E-state index contributed by atoms with van der Waals surface area (Å²) in [4.78, 5) is 25.0. The normalized spacial score (nSPS) is 17.2. The summed E-state index contributed by atoms with van der Waals surface area (Å²) in [6.45, 7) is 1.50. The van der Waals surface area contributed by atoms with E-state index in [2.05, 4.69) is 5.32 Å². The summed E-state index contributed by atoms with van der Waals surface area (Å²) in [5.74, 6) is -1.37. The molecule has 1 atom stereocenters. The SMILES string of the molecule is Cc1ccc(S(=O)(=O)N2CCCCC2C(=O)OCC(=O)Nc2cc(Cl)ccc2Cl)cc1. The lowest BCUT2D eigenvalue weighted by Crippen LogP contribution is -2.48. The minimum absolute atomic E-state index is 0.117. The van der Waals surface area contributed by atoms with Crippen molar-refractivity contribution in [3.63, 3.8) is 0 Å². The molecule has 1 aliphatic heterocycles. The third kappa shape index (κ3) is 5.77. The number of esters is 1. The Labute approximate surface area is 191 Å². The van der Waals surface area contributed by atoms with Gasteiger partial charge in [0.1, 0.15) is 6.04 Å². The number of halogens is 2. The van der Waals surface area contributed by atoms with E-state index in [0.717, 1.165) is 9.87 Å². The number of rotatable bonds is 6. The Morgan fingerprint density at radius 3 is 2.55 bits per heavy atom. The molecular weight excluding hydrogens is 463 g/mol. The highest BCUT2D eigenvalue weighted by Gasteiger charge is 2.38. The number of aryl methyl sites for hydroxylation is 1. The van der Waals surface area contributed by atoms with Crippen molar-refractivity contribution in [1.29, 1.82) is 0 Å². The number of anilines is 1. The van der Waals surface area contributed by atoms with Gasteiger partial charge in [0, 0.05) is 11.6 Å². The average Bonchev–Trinajstić information content (AvgIpc) is 2.75. The minimum atomic E-state index is -3.87. The van der Waals surface area contributed by atoms with Gasteiger partial charge in [-0.05, 0) is 56.5 Å². The smallest absolute Gasteiger partial charge is 0.324 e. The topological polar surface area (TPSA) is 92.8 Å². The molecule has 0 aromatic heterocycles. The van der Waals surface area contributed by atoms with Gasteiger partial charge >= 0.3 is 5.97 Å². The molecule has 3 rings (SSSR count). The summed E-state index contributed by atoms with van der Waals surface area (Å²) in [5.41, 5.74) is 1.22. The number of benzene rings is 2. The molecule has 7 nitrogen and oxygen atoms in total. The Kier molecular flexibility index (Phi) is 7.59. The van der Waals surface area contributed by atoms with Crippen molar-refractivity contribution in [2.45, 2.75) is 37.1 Å². The van der Waals surface area contributed by atoms with E-state index in [1.807, 2.05) is 6.92 Å². The van der Waals surface area contributed by atoms with Crippen LogP contribution in [-0.4, -0.2) is 43.8 Å². The first-order valence-corrected chi connectivity index (χ1v) is 11.9. The van der Waals surface area contributed by atoms with Gasteiger partial charge in [-0.25, -0.2) is 8.42 Å². The average molecular weight is 485 g/mol. The zero-order valence-electron chi connectivity index (χ0n) is 16.8. The van der Waals surface area contributed by atoms with E-state index in [0.29, 0.717) is 24.3 Å². The van der Waals surface area contributed by atoms with Crippen LogP contribution in [-0.2, 0) is 24.3 Å². The summed E-state index contributed by atoms with van der Waals surface area (Å²) in [5, 5.41) is 3.19. The number of carbonyl (C=O) groups excluding carboxylic acids is 2. The third-order valence-electron chi connectivity index (χ3n) is 4.90. The zero-order chi connectivity index (χ0) is 22.6. The number of nitrogens with zero attached hydrogens (tertiary/aromatic N) is 1. The molecule has 1 amide bonds. The van der Waals surface area contributed by atoms with Crippen LogP contribution in [0.15, 0.2) is 47.4 Å². The Balaban J connectivity index is 1.67. The largest absolute Gasteiger partial charge is 0.454 e. The van der Waals surface area contributed by atoms with Crippen molar-refractivity contribution in [1.82, 2.24) is 4.31 Å². The molecule has 10 heteroatoms. The quantitative estimate of drug-likeness (QED) is 0.624. The number of hydrogen-bond acceptors (Lipinski definition) is 5. The fourth-order valence-corrected chi connectivity index (χ4v) is 5.27. The summed E-state index contributed by atoms with van der Waals surface area (Å²) < 4.78 is 32.4. The van der Waals surface area contributed by atoms with Crippen molar-refractivity contribution in [2.24, 2.45) is 0 Å². The highest BCUT2D eigenvalue weighted by molar-refractivity contribution is 7.89. The van der Waals surface area contributed by atoms with Crippen LogP contribution >= 0.6 is 23.2 Å². The molecule has 0 bridgehead atoms. The Hall–Kier alpha value is -2.13. The van der Waals surface area contributed by atoms with Crippen molar-refractivity contribution in [2.75, 3.05) is 18.5 Å². The molecule has 1 N–H and O–H groups in total. The van der Waals surface area contributed by atoms with Gasteiger partial charge in [-0.2, -0.15) is 4.31 Å². The molecule has 0 spiro atoms. The van der Waals surface area contributed by atoms with E-state index < -0.39 is 34.5 Å². The second-order valence-corrected chi connectivity index (χ2v) is 9.95. The van der Waals surface area contributed by atoms with Gasteiger partial charge in [0.25, 0.3) is 5.91 Å². The Morgan fingerprint density at radius 1 is 1.13 bits per heavy atom. The van der Waals surface area contributed by atoms with Crippen LogP contribution in [0.4, 0.5) is 5.69 Å². The minimum Gasteiger partial charge on any atom is -0.454 e. The van der Waals surface area contributed by atoms with Crippen LogP contribution in [0.5, 0.6) is 0 Å². The highest BCUT2D eigenvalue weighted by Crippen LogP contribution is 2.27. The first-order chi connectivity index (χ1) is 14.7. The lowest BCUT2D eigenvalue weighted by Gasteiger charge is -2.33. The molecule has 2 aromatic rings. The number of carbonyl (C=O) groups is 2. The van der Waals surface area contributed by atoms with E-state index in [1.54, 1.807) is 18.2 Å². The van der Waals surface area contributed by atoms with E-state index in [9.17, 15) is 18.0 Å². The van der Waals surface area contributed by atoms with E-state index in [4.69, 9.17) is 27.9 Å². The lowest BCUT2D eigenvalue weighted by molar-refractivity contribution is -0.152. The number of piperidine rings is 1. The van der Waals surface area contributed by atoms with Gasteiger partial charge in [-0.3, -0.25) is 9.59 Å². The maximum atomic E-state index is 13.1. The summed E-state index contributed by atoms with van der Waals surface area (Å²) in [6, 6.07) is 10.0. The van der Waals surface area contributed by atoms with Crippen molar-refractivity contribution >= 4 is 50.8 Å². The first-order valence-electron chi connectivity index (χ1n) is 9.68. The lowest BCUT2D eigenvalue weighted by atomic mass is 10.1. The third-order valence-corrected chi connectivity index (χ3v) is 7.39. The molecule has 1 saturated heterocycles. The fourth-order valence-electron chi connectivity index (χ4n) is 3.29. The monoisotopic (exact) mass is 484 g/mol. The van der Waals surface area contributed by atoms with Crippen LogP contribution in [0.25, 0.3) is 0 Å². The van der Waals surface area contributed by atoms with E-state index in [-0.39, 0.29) is 22.2 Å². The van der Waals surface area contributed by atoms with Crippen molar-refractivity contribution < 1.29 is 22.7 Å². The molecule has 1 unspecified atom stereocenters. The molecule has 1 fully saturated rings. The molecule has 31 heavy (non-hydrogen) atoms. The Morgan fingerprint density at radius 2 is 1.84 bits per heavy atom. The predicted octanol–water partition coefficient (Wildman–Crippen LogP) is 4.03. The molecule has 0 radical (unpaired) electrons. The predicted molar refractivity (Wildman–Crippen MR) is 119 cm³/mol. The molecule has 166 valence electrons. The van der Waals surface area contributed by atoms with Gasteiger partial charge in [0.15, 0.2) is 6.61 Å². The van der Waals surface area contributed by atoms with Crippen LogP contribution < -0.4 is 5.32 Å². The number of ether oxygens (including phenoxy) is 1. The van der Waals surface area contributed by atoms with Crippen LogP contribution in [0, 0.1) is 6.92 Å². The molecule has 2 aromatic carbocycles. The summed E-state index contributed by atoms with van der Waals surface area (Å²) in [7, 11) is -3.87. The van der Waals surface area contributed by atoms with Crippen LogP contribution in [0.3, 0.4) is 0 Å². The van der Waals surface area contributed by atoms with Crippen LogP contribution in [0.2, 0.25) is 10.0 Å². The second-order valence-electron chi connectivity index (χ2n) is 7.22. The molecular formula is C21H22Cl2N2O5S. The van der Waals surface area contributed by atoms with Gasteiger partial charge in [0.05, 0.1) is 15.6 Å². The standard InChI is InChI=1S/C21H22Cl2N2O5S/c1-14-5-8-16(9-6-14)31(28,29)25-11-3-2-4-19(25)21(27)30-13-20(26)24-18-12-15(22)7-10-17(18)23/h5-10,12,19H,2-4,11,13H2,1H3,(H,24,26). The van der Waals surface area contributed by atoms with Crippen molar-refractivity contribution in [3.05, 3.63) is 58.1 Å². The van der Waals surface area contributed by atoms with Gasteiger partial charge in [-0.15, -0.1) is 0 Å².